The van der Waals surface area contributed by atoms with Crippen molar-refractivity contribution in [2.45, 2.75) is 31.7 Å². The van der Waals surface area contributed by atoms with Crippen molar-refractivity contribution >= 4 is 5.97 Å². The maximum absolute atomic E-state index is 10.3. The first-order valence-electron chi connectivity index (χ1n) is 4.15. The third-order valence-corrected chi connectivity index (χ3v) is 2.82. The van der Waals surface area contributed by atoms with Crippen LogP contribution >= 0.6 is 0 Å². The molecule has 1 heterocycles. The van der Waals surface area contributed by atoms with E-state index < -0.39 is 5.97 Å². The molecule has 1 aliphatic heterocycles. The number of rotatable bonds is 2. The Morgan fingerprint density at radius 2 is 2.36 bits per heavy atom. The number of nitrogens with one attached hydrogen (secondary N) is 1. The van der Waals surface area contributed by atoms with Crippen LogP contribution in [-0.4, -0.2) is 23.7 Å². The zero-order valence-corrected chi connectivity index (χ0v) is 6.47. The molecule has 2 aliphatic rings. The second-order valence-corrected chi connectivity index (χ2v) is 3.88. The SMILES string of the molecule is O=C(O)C[C@@H]1CC2(CC2)CN1. The van der Waals surface area contributed by atoms with E-state index in [2.05, 4.69) is 5.32 Å². The number of carbonyl (C=O) groups is 1. The van der Waals surface area contributed by atoms with E-state index in [1.807, 2.05) is 0 Å². The molecule has 0 unspecified atom stereocenters. The van der Waals surface area contributed by atoms with Gasteiger partial charge in [-0.2, -0.15) is 0 Å². The number of aliphatic carboxylic acids is 1. The second kappa shape index (κ2) is 2.21. The first-order chi connectivity index (χ1) is 5.20. The van der Waals surface area contributed by atoms with Gasteiger partial charge in [-0.05, 0) is 24.7 Å². The third-order valence-electron chi connectivity index (χ3n) is 2.82. The summed E-state index contributed by atoms with van der Waals surface area (Å²) in [5.41, 5.74) is 0.528. The van der Waals surface area contributed by atoms with Gasteiger partial charge in [-0.3, -0.25) is 4.79 Å². The third kappa shape index (κ3) is 1.38. The molecule has 11 heavy (non-hydrogen) atoms. The molecule has 1 saturated heterocycles. The molecule has 2 N–H and O–H groups in total. The van der Waals surface area contributed by atoms with Crippen molar-refractivity contribution in [3.8, 4) is 0 Å². The molecule has 62 valence electrons. The van der Waals surface area contributed by atoms with Crippen LogP contribution in [0.5, 0.6) is 0 Å². The molecule has 1 atom stereocenters. The summed E-state index contributed by atoms with van der Waals surface area (Å²) in [5, 5.41) is 11.8. The maximum atomic E-state index is 10.3. The van der Waals surface area contributed by atoms with Gasteiger partial charge in [-0.15, -0.1) is 0 Å². The standard InChI is InChI=1S/C8H13NO2/c10-7(11)3-6-4-8(1-2-8)5-9-6/h6,9H,1-5H2,(H,10,11)/t6-/m1/s1. The molecule has 2 rings (SSSR count). The Labute approximate surface area is 65.8 Å². The van der Waals surface area contributed by atoms with Crippen LogP contribution in [0.15, 0.2) is 0 Å². The Bertz CT molecular complexity index is 187. The topological polar surface area (TPSA) is 49.3 Å². The zero-order chi connectivity index (χ0) is 7.90. The Balaban J connectivity index is 1.85. The first-order valence-corrected chi connectivity index (χ1v) is 4.15. The molecule has 1 saturated carbocycles. The molecular weight excluding hydrogens is 142 g/mol. The lowest BCUT2D eigenvalue weighted by Gasteiger charge is -2.05. The first kappa shape index (κ1) is 7.10. The highest BCUT2D eigenvalue weighted by Gasteiger charge is 2.48. The molecular formula is C8H13NO2. The van der Waals surface area contributed by atoms with E-state index in [4.69, 9.17) is 5.11 Å². The summed E-state index contributed by atoms with van der Waals surface area (Å²) in [6.45, 7) is 1.05. The van der Waals surface area contributed by atoms with Crippen LogP contribution in [-0.2, 0) is 4.79 Å². The number of carboxylic acid groups (broad SMARTS) is 1. The van der Waals surface area contributed by atoms with Crippen LogP contribution in [0.3, 0.4) is 0 Å². The molecule has 0 aromatic rings. The Morgan fingerprint density at radius 1 is 1.64 bits per heavy atom. The summed E-state index contributed by atoms with van der Waals surface area (Å²) >= 11 is 0. The Morgan fingerprint density at radius 3 is 2.82 bits per heavy atom. The highest BCUT2D eigenvalue weighted by atomic mass is 16.4. The molecule has 3 heteroatoms. The minimum absolute atomic E-state index is 0.245. The van der Waals surface area contributed by atoms with Gasteiger partial charge in [0.2, 0.25) is 0 Å². The summed E-state index contributed by atoms with van der Waals surface area (Å²) in [4.78, 5) is 10.3. The summed E-state index contributed by atoms with van der Waals surface area (Å²) in [7, 11) is 0. The van der Waals surface area contributed by atoms with E-state index >= 15 is 0 Å². The maximum Gasteiger partial charge on any atom is 0.304 e. The normalized spacial score (nSPS) is 32.5. The molecule has 0 aromatic carbocycles. The summed E-state index contributed by atoms with van der Waals surface area (Å²) in [5.74, 6) is -0.680. The van der Waals surface area contributed by atoms with Gasteiger partial charge in [-0.25, -0.2) is 0 Å². The smallest absolute Gasteiger partial charge is 0.304 e. The van der Waals surface area contributed by atoms with Crippen LogP contribution in [0.4, 0.5) is 0 Å². The lowest BCUT2D eigenvalue weighted by Crippen LogP contribution is -2.24. The fourth-order valence-electron chi connectivity index (χ4n) is 1.94. The van der Waals surface area contributed by atoms with Crippen molar-refractivity contribution in [2.24, 2.45) is 5.41 Å². The fourth-order valence-corrected chi connectivity index (χ4v) is 1.94. The summed E-state index contributed by atoms with van der Waals surface area (Å²) in [6, 6.07) is 0.245. The van der Waals surface area contributed by atoms with Crippen LogP contribution in [0, 0.1) is 5.41 Å². The molecule has 2 fully saturated rings. The molecule has 1 aliphatic carbocycles. The number of hydrogen-bond acceptors (Lipinski definition) is 2. The molecule has 1 spiro atoms. The Hall–Kier alpha value is -0.570. The van der Waals surface area contributed by atoms with Gasteiger partial charge < -0.3 is 10.4 Å². The van der Waals surface area contributed by atoms with Gasteiger partial charge in [0.1, 0.15) is 0 Å². The van der Waals surface area contributed by atoms with E-state index in [9.17, 15) is 4.79 Å². The van der Waals surface area contributed by atoms with Crippen molar-refractivity contribution in [3.05, 3.63) is 0 Å². The van der Waals surface area contributed by atoms with Crippen LogP contribution < -0.4 is 5.32 Å². The summed E-state index contributed by atoms with van der Waals surface area (Å²) in [6.07, 6.45) is 3.98. The minimum Gasteiger partial charge on any atom is -0.481 e. The minimum atomic E-state index is -0.680. The fraction of sp³-hybridized carbons (Fsp3) is 0.875. The Kier molecular flexibility index (Phi) is 1.42. The van der Waals surface area contributed by atoms with E-state index in [0.717, 1.165) is 13.0 Å². The number of carboxylic acids is 1. The zero-order valence-electron chi connectivity index (χ0n) is 6.47. The van der Waals surface area contributed by atoms with Crippen LogP contribution in [0.25, 0.3) is 0 Å². The molecule has 0 amide bonds. The number of hydrogen-bond donors (Lipinski definition) is 2. The lowest BCUT2D eigenvalue weighted by molar-refractivity contribution is -0.137. The van der Waals surface area contributed by atoms with Gasteiger partial charge >= 0.3 is 5.97 Å². The molecule has 0 radical (unpaired) electrons. The van der Waals surface area contributed by atoms with Gasteiger partial charge in [0.15, 0.2) is 0 Å². The second-order valence-electron chi connectivity index (χ2n) is 3.88. The average molecular weight is 155 g/mol. The van der Waals surface area contributed by atoms with E-state index in [1.165, 1.54) is 12.8 Å². The van der Waals surface area contributed by atoms with Crippen molar-refractivity contribution < 1.29 is 9.90 Å². The van der Waals surface area contributed by atoms with Gasteiger partial charge in [0.05, 0.1) is 6.42 Å². The van der Waals surface area contributed by atoms with Crippen LogP contribution in [0.1, 0.15) is 25.7 Å². The highest BCUT2D eigenvalue weighted by Crippen LogP contribution is 2.52. The molecule has 0 bridgehead atoms. The van der Waals surface area contributed by atoms with Gasteiger partial charge in [0.25, 0.3) is 0 Å². The highest BCUT2D eigenvalue weighted by molar-refractivity contribution is 5.67. The predicted octanol–water partition coefficient (Wildman–Crippen LogP) is 0.603. The van der Waals surface area contributed by atoms with Gasteiger partial charge in [-0.1, -0.05) is 0 Å². The monoisotopic (exact) mass is 155 g/mol. The lowest BCUT2D eigenvalue weighted by atomic mass is 10.0. The predicted molar refractivity (Wildman–Crippen MR) is 40.3 cm³/mol. The van der Waals surface area contributed by atoms with Crippen molar-refractivity contribution in [1.29, 1.82) is 0 Å². The van der Waals surface area contributed by atoms with Crippen LogP contribution in [0.2, 0.25) is 0 Å². The summed E-state index contributed by atoms with van der Waals surface area (Å²) < 4.78 is 0. The van der Waals surface area contributed by atoms with E-state index in [1.54, 1.807) is 0 Å². The van der Waals surface area contributed by atoms with Crippen molar-refractivity contribution in [1.82, 2.24) is 5.32 Å². The average Bonchev–Trinajstić information content (AvgIpc) is 2.51. The largest absolute Gasteiger partial charge is 0.481 e. The van der Waals surface area contributed by atoms with E-state index in [-0.39, 0.29) is 6.04 Å². The van der Waals surface area contributed by atoms with Gasteiger partial charge in [0, 0.05) is 12.6 Å². The quantitative estimate of drug-likeness (QED) is 0.614. The van der Waals surface area contributed by atoms with Crippen molar-refractivity contribution in [2.75, 3.05) is 6.54 Å². The molecule has 0 aromatic heterocycles. The van der Waals surface area contributed by atoms with E-state index in [0.29, 0.717) is 11.8 Å². The molecule has 3 nitrogen and oxygen atoms in total. The van der Waals surface area contributed by atoms with Crippen molar-refractivity contribution in [3.63, 3.8) is 0 Å².